The minimum Gasteiger partial charge on any atom is -0.381 e. The number of hydrogen-bond acceptors (Lipinski definition) is 3. The van der Waals surface area contributed by atoms with Gasteiger partial charge in [0.15, 0.2) is 0 Å². The summed E-state index contributed by atoms with van der Waals surface area (Å²) >= 11 is 5.80. The number of amides is 1. The number of carbonyl (C=O) groups is 1. The molecule has 1 N–H and O–H groups in total. The largest absolute Gasteiger partial charge is 0.381 e. The standard InChI is InChI=1S/C15H17ClN2O2/c1-11(8-12-4-6-13(16)7-5-12)14(19)18-15(2,9-17)10-20-3/h4-8H,10H2,1-3H3,(H,18,19)/b11-8+. The molecular weight excluding hydrogens is 276 g/mol. The average molecular weight is 293 g/mol. The highest BCUT2D eigenvalue weighted by molar-refractivity contribution is 6.30. The van der Waals surface area contributed by atoms with Crippen molar-refractivity contribution >= 4 is 23.6 Å². The Morgan fingerprint density at radius 3 is 2.60 bits per heavy atom. The lowest BCUT2D eigenvalue weighted by atomic mass is 10.0. The van der Waals surface area contributed by atoms with Crippen LogP contribution < -0.4 is 5.32 Å². The van der Waals surface area contributed by atoms with Gasteiger partial charge in [-0.15, -0.1) is 0 Å². The van der Waals surface area contributed by atoms with Crippen LogP contribution in [0.4, 0.5) is 0 Å². The highest BCUT2D eigenvalue weighted by atomic mass is 35.5. The van der Waals surface area contributed by atoms with Crippen molar-refractivity contribution in [3.8, 4) is 6.07 Å². The van der Waals surface area contributed by atoms with Crippen molar-refractivity contribution in [2.75, 3.05) is 13.7 Å². The minimum atomic E-state index is -1.04. The van der Waals surface area contributed by atoms with Crippen molar-refractivity contribution in [1.29, 1.82) is 5.26 Å². The maximum absolute atomic E-state index is 12.1. The van der Waals surface area contributed by atoms with E-state index in [1.165, 1.54) is 7.11 Å². The molecule has 1 amide bonds. The van der Waals surface area contributed by atoms with Crippen molar-refractivity contribution < 1.29 is 9.53 Å². The third-order valence-electron chi connectivity index (χ3n) is 2.68. The molecule has 1 atom stereocenters. The molecule has 0 saturated heterocycles. The molecule has 0 aromatic heterocycles. The molecule has 1 rings (SSSR count). The van der Waals surface area contributed by atoms with E-state index in [0.717, 1.165) is 5.56 Å². The first-order valence-electron chi connectivity index (χ1n) is 6.07. The lowest BCUT2D eigenvalue weighted by Crippen LogP contribution is -2.48. The lowest BCUT2D eigenvalue weighted by Gasteiger charge is -2.22. The highest BCUT2D eigenvalue weighted by Gasteiger charge is 2.26. The van der Waals surface area contributed by atoms with E-state index in [4.69, 9.17) is 21.6 Å². The van der Waals surface area contributed by atoms with Crippen molar-refractivity contribution in [3.05, 3.63) is 40.4 Å². The van der Waals surface area contributed by atoms with Gasteiger partial charge in [0.25, 0.3) is 0 Å². The Hall–Kier alpha value is -1.83. The number of nitrogens with one attached hydrogen (secondary N) is 1. The fourth-order valence-corrected chi connectivity index (χ4v) is 1.73. The first-order valence-corrected chi connectivity index (χ1v) is 6.44. The van der Waals surface area contributed by atoms with Crippen LogP contribution in [0.3, 0.4) is 0 Å². The van der Waals surface area contributed by atoms with Crippen LogP contribution in [0.1, 0.15) is 19.4 Å². The Morgan fingerprint density at radius 1 is 1.50 bits per heavy atom. The number of ether oxygens (including phenoxy) is 1. The fourth-order valence-electron chi connectivity index (χ4n) is 1.61. The Kier molecular flexibility index (Phi) is 5.75. The molecule has 0 radical (unpaired) electrons. The van der Waals surface area contributed by atoms with Crippen LogP contribution in [-0.4, -0.2) is 25.2 Å². The third-order valence-corrected chi connectivity index (χ3v) is 2.93. The maximum Gasteiger partial charge on any atom is 0.248 e. The van der Waals surface area contributed by atoms with Crippen molar-refractivity contribution in [1.82, 2.24) is 5.32 Å². The van der Waals surface area contributed by atoms with Crippen molar-refractivity contribution in [2.24, 2.45) is 0 Å². The molecule has 1 aromatic carbocycles. The van der Waals surface area contributed by atoms with Crippen LogP contribution >= 0.6 is 11.6 Å². The molecule has 0 spiro atoms. The molecule has 1 unspecified atom stereocenters. The van der Waals surface area contributed by atoms with Crippen molar-refractivity contribution in [2.45, 2.75) is 19.4 Å². The zero-order valence-corrected chi connectivity index (χ0v) is 12.5. The van der Waals surface area contributed by atoms with E-state index in [1.807, 2.05) is 18.2 Å². The van der Waals surface area contributed by atoms with Gasteiger partial charge in [0.2, 0.25) is 5.91 Å². The first kappa shape index (κ1) is 16.2. The number of nitrogens with zero attached hydrogens (tertiary/aromatic N) is 1. The van der Waals surface area contributed by atoms with Crippen LogP contribution in [0.25, 0.3) is 6.08 Å². The molecule has 106 valence electrons. The predicted octanol–water partition coefficient (Wildman–Crippen LogP) is 2.79. The van der Waals surface area contributed by atoms with Gasteiger partial charge in [-0.05, 0) is 37.6 Å². The summed E-state index contributed by atoms with van der Waals surface area (Å²) in [7, 11) is 1.48. The van der Waals surface area contributed by atoms with Gasteiger partial charge >= 0.3 is 0 Å². The first-order chi connectivity index (χ1) is 9.40. The summed E-state index contributed by atoms with van der Waals surface area (Å²) in [6.07, 6.45) is 1.73. The van der Waals surface area contributed by atoms with E-state index in [0.29, 0.717) is 10.6 Å². The third kappa shape index (κ3) is 4.69. The van der Waals surface area contributed by atoms with Gasteiger partial charge in [0.05, 0.1) is 12.7 Å². The zero-order valence-electron chi connectivity index (χ0n) is 11.7. The minimum absolute atomic E-state index is 0.128. The molecule has 0 saturated carbocycles. The molecule has 0 aliphatic carbocycles. The summed E-state index contributed by atoms with van der Waals surface area (Å²) in [6.45, 7) is 3.43. The van der Waals surface area contributed by atoms with Gasteiger partial charge < -0.3 is 10.1 Å². The van der Waals surface area contributed by atoms with Crippen LogP contribution in [0.2, 0.25) is 5.02 Å². The van der Waals surface area contributed by atoms with Crippen LogP contribution in [0, 0.1) is 11.3 Å². The highest BCUT2D eigenvalue weighted by Crippen LogP contribution is 2.13. The van der Waals surface area contributed by atoms with Gasteiger partial charge in [-0.25, -0.2) is 0 Å². The van der Waals surface area contributed by atoms with Crippen LogP contribution in [0.5, 0.6) is 0 Å². The molecule has 0 bridgehead atoms. The number of hydrogen-bond donors (Lipinski definition) is 1. The van der Waals surface area contributed by atoms with Gasteiger partial charge in [-0.3, -0.25) is 4.79 Å². The topological polar surface area (TPSA) is 62.1 Å². The quantitative estimate of drug-likeness (QED) is 0.849. The van der Waals surface area contributed by atoms with Crippen LogP contribution in [0.15, 0.2) is 29.8 Å². The molecular formula is C15H17ClN2O2. The Bertz CT molecular complexity index is 546. The summed E-state index contributed by atoms with van der Waals surface area (Å²) in [5.74, 6) is -0.305. The summed E-state index contributed by atoms with van der Waals surface area (Å²) in [6, 6.07) is 9.18. The molecule has 1 aromatic rings. The van der Waals surface area contributed by atoms with Gasteiger partial charge in [-0.2, -0.15) is 5.26 Å². The Morgan fingerprint density at radius 2 is 2.10 bits per heavy atom. The molecule has 4 nitrogen and oxygen atoms in total. The summed E-state index contributed by atoms with van der Waals surface area (Å²) < 4.78 is 4.94. The molecule has 5 heteroatoms. The van der Waals surface area contributed by atoms with E-state index in [1.54, 1.807) is 32.1 Å². The SMILES string of the molecule is COCC(C)(C#N)NC(=O)/C(C)=C/c1ccc(Cl)cc1. The molecule has 0 fully saturated rings. The second-order valence-corrected chi connectivity index (χ2v) is 5.15. The molecule has 0 aliphatic rings. The maximum atomic E-state index is 12.1. The predicted molar refractivity (Wildman–Crippen MR) is 79.1 cm³/mol. The van der Waals surface area contributed by atoms with E-state index >= 15 is 0 Å². The molecule has 0 heterocycles. The fraction of sp³-hybridized carbons (Fsp3) is 0.333. The van der Waals surface area contributed by atoms with E-state index in [2.05, 4.69) is 5.32 Å². The summed E-state index contributed by atoms with van der Waals surface area (Å²) in [5.41, 5.74) is 0.332. The van der Waals surface area contributed by atoms with Gasteiger partial charge in [-0.1, -0.05) is 23.7 Å². The molecule has 0 aliphatic heterocycles. The zero-order chi connectivity index (χ0) is 15.2. The monoisotopic (exact) mass is 292 g/mol. The van der Waals surface area contributed by atoms with Gasteiger partial charge in [0.1, 0.15) is 5.54 Å². The van der Waals surface area contributed by atoms with Crippen molar-refractivity contribution in [3.63, 3.8) is 0 Å². The Labute approximate surface area is 124 Å². The number of carbonyl (C=O) groups excluding carboxylic acids is 1. The second-order valence-electron chi connectivity index (χ2n) is 4.71. The normalized spacial score (nSPS) is 14.2. The smallest absolute Gasteiger partial charge is 0.248 e. The van der Waals surface area contributed by atoms with E-state index in [9.17, 15) is 4.79 Å². The lowest BCUT2D eigenvalue weighted by molar-refractivity contribution is -0.119. The van der Waals surface area contributed by atoms with Gasteiger partial charge in [0, 0.05) is 17.7 Å². The van der Waals surface area contributed by atoms with E-state index < -0.39 is 5.54 Å². The summed E-state index contributed by atoms with van der Waals surface area (Å²) in [4.78, 5) is 12.1. The Balaban J connectivity index is 2.81. The second kappa shape index (κ2) is 7.09. The van der Waals surface area contributed by atoms with E-state index in [-0.39, 0.29) is 12.5 Å². The number of rotatable bonds is 5. The molecule has 20 heavy (non-hydrogen) atoms. The summed E-state index contributed by atoms with van der Waals surface area (Å²) in [5, 5.41) is 12.4. The number of methoxy groups -OCH3 is 1. The average Bonchev–Trinajstić information content (AvgIpc) is 2.41. The number of halogens is 1. The number of nitriles is 1. The van der Waals surface area contributed by atoms with Crippen LogP contribution in [-0.2, 0) is 9.53 Å². The number of benzene rings is 1.